The third-order valence-electron chi connectivity index (χ3n) is 4.84. The number of nitrogens with one attached hydrogen (secondary N) is 2. The molecule has 4 aromatic rings. The largest absolute Gasteiger partial charge is 0.354 e. The Kier molecular flexibility index (Phi) is 6.13. The van der Waals surface area contributed by atoms with Gasteiger partial charge in [-0.15, -0.1) is 6.42 Å². The van der Waals surface area contributed by atoms with Crippen molar-refractivity contribution in [1.29, 1.82) is 0 Å². The summed E-state index contributed by atoms with van der Waals surface area (Å²) in [5.41, 5.74) is 2.40. The molecule has 2 N–H and O–H groups in total. The second-order valence-electron chi connectivity index (χ2n) is 7.34. The summed E-state index contributed by atoms with van der Waals surface area (Å²) < 4.78 is 73.4. The van der Waals surface area contributed by atoms with E-state index in [0.717, 1.165) is 17.7 Å². The topological polar surface area (TPSA) is 136 Å². The van der Waals surface area contributed by atoms with Gasteiger partial charge in [-0.2, -0.15) is 13.5 Å². The highest BCUT2D eigenvalue weighted by molar-refractivity contribution is 7.94. The molecule has 0 saturated heterocycles. The van der Waals surface area contributed by atoms with Crippen molar-refractivity contribution in [2.24, 2.45) is 0 Å². The smallest absolute Gasteiger partial charge is 0.280 e. The fourth-order valence-electron chi connectivity index (χ4n) is 3.34. The number of sulfonamides is 2. The van der Waals surface area contributed by atoms with E-state index in [1.54, 1.807) is 29.1 Å². The van der Waals surface area contributed by atoms with E-state index >= 15 is 0 Å². The molecular weight excluding hydrogens is 485 g/mol. The molecule has 4 rings (SSSR count). The highest BCUT2D eigenvalue weighted by Gasteiger charge is 2.22. The van der Waals surface area contributed by atoms with Gasteiger partial charge >= 0.3 is 0 Å². The molecule has 0 aliphatic heterocycles. The molecule has 0 fully saturated rings. The first-order valence-electron chi connectivity index (χ1n) is 9.72. The van der Waals surface area contributed by atoms with E-state index in [-0.39, 0.29) is 12.4 Å². The number of anilines is 1. The molecule has 0 radical (unpaired) electrons. The summed E-state index contributed by atoms with van der Waals surface area (Å²) in [5.74, 6) is -0.933. The van der Waals surface area contributed by atoms with Gasteiger partial charge in [-0.05, 0) is 36.2 Å². The van der Waals surface area contributed by atoms with Gasteiger partial charge in [0.05, 0.1) is 18.1 Å². The van der Waals surface area contributed by atoms with Crippen LogP contribution in [0.4, 0.5) is 10.2 Å². The van der Waals surface area contributed by atoms with Crippen molar-refractivity contribution >= 4 is 36.8 Å². The molecule has 176 valence electrons. The van der Waals surface area contributed by atoms with E-state index in [9.17, 15) is 21.2 Å². The fourth-order valence-corrected chi connectivity index (χ4v) is 4.87. The van der Waals surface area contributed by atoms with E-state index in [1.807, 2.05) is 6.07 Å². The molecule has 0 bridgehead atoms. The van der Waals surface area contributed by atoms with Crippen molar-refractivity contribution < 1.29 is 25.7 Å². The zero-order chi connectivity index (χ0) is 24.5. The van der Waals surface area contributed by atoms with Crippen LogP contribution in [0, 0.1) is 24.4 Å². The zero-order valence-electron chi connectivity index (χ0n) is 17.7. The van der Waals surface area contributed by atoms with Crippen LogP contribution in [0.15, 0.2) is 58.2 Å². The van der Waals surface area contributed by atoms with Crippen molar-refractivity contribution in [3.63, 3.8) is 0 Å². The van der Waals surface area contributed by atoms with Gasteiger partial charge in [0, 0.05) is 23.6 Å². The minimum atomic E-state index is -4.22. The molecule has 34 heavy (non-hydrogen) atoms. The summed E-state index contributed by atoms with van der Waals surface area (Å²) in [6.45, 7) is 2.08. The van der Waals surface area contributed by atoms with Crippen LogP contribution in [0.1, 0.15) is 16.7 Å². The summed E-state index contributed by atoms with van der Waals surface area (Å²) in [7, 11) is -8.00. The molecule has 2 aromatic heterocycles. The highest BCUT2D eigenvalue weighted by Crippen LogP contribution is 2.30. The number of hydrogen-bond donors (Lipinski definition) is 2. The number of rotatable bonds is 8. The molecule has 0 aliphatic rings. The second-order valence-corrected chi connectivity index (χ2v) is 10.5. The quantitative estimate of drug-likeness (QED) is 0.352. The molecule has 0 saturated carbocycles. The number of aromatic nitrogens is 3. The first-order chi connectivity index (χ1) is 16.1. The molecule has 13 heteroatoms. The van der Waals surface area contributed by atoms with Crippen molar-refractivity contribution in [3.8, 4) is 11.7 Å². The monoisotopic (exact) mass is 503 g/mol. The van der Waals surface area contributed by atoms with Crippen LogP contribution in [0.25, 0.3) is 11.0 Å². The predicted octanol–water partition coefficient (Wildman–Crippen LogP) is 2.33. The third kappa shape index (κ3) is 4.93. The number of terminal acetylenes is 1. The Labute approximate surface area is 194 Å². The number of benzene rings is 2. The Bertz CT molecular complexity index is 1640. The van der Waals surface area contributed by atoms with Crippen LogP contribution in [-0.4, -0.2) is 31.8 Å². The Morgan fingerprint density at radius 1 is 1.18 bits per heavy atom. The molecule has 2 aromatic carbocycles. The van der Waals surface area contributed by atoms with E-state index in [2.05, 4.69) is 19.7 Å². The lowest BCUT2D eigenvalue weighted by Gasteiger charge is -2.08. The van der Waals surface area contributed by atoms with Crippen molar-refractivity contribution in [2.75, 3.05) is 4.72 Å². The van der Waals surface area contributed by atoms with E-state index in [4.69, 9.17) is 10.9 Å². The number of fused-ring (bicyclic) bond motifs is 1. The number of halogens is 1. The van der Waals surface area contributed by atoms with Gasteiger partial charge in [0.25, 0.3) is 20.0 Å². The van der Waals surface area contributed by atoms with Crippen LogP contribution in [0.2, 0.25) is 0 Å². The van der Waals surface area contributed by atoms with Gasteiger partial charge in [0.2, 0.25) is 0 Å². The lowest BCUT2D eigenvalue weighted by molar-refractivity contribution is 0.459. The summed E-state index contributed by atoms with van der Waals surface area (Å²) in [6, 6.07) is 8.50. The molecule has 0 amide bonds. The Morgan fingerprint density at radius 3 is 2.68 bits per heavy atom. The van der Waals surface area contributed by atoms with Crippen LogP contribution in [-0.2, 0) is 33.1 Å². The Morgan fingerprint density at radius 2 is 1.94 bits per heavy atom. The number of hydrogen-bond acceptors (Lipinski definition) is 7. The first kappa shape index (κ1) is 23.4. The van der Waals surface area contributed by atoms with Crippen molar-refractivity contribution in [2.45, 2.75) is 24.9 Å². The normalized spacial score (nSPS) is 12.0. The third-order valence-corrected chi connectivity index (χ3v) is 7.05. The van der Waals surface area contributed by atoms with Crippen molar-refractivity contribution in [1.82, 2.24) is 19.7 Å². The minimum absolute atomic E-state index is 0.00177. The maximum atomic E-state index is 14.0. The van der Waals surface area contributed by atoms with Gasteiger partial charge < -0.3 is 4.52 Å². The van der Waals surface area contributed by atoms with Crippen LogP contribution in [0.5, 0.6) is 0 Å². The number of nitrogens with zero attached hydrogens (tertiary/aromatic N) is 3. The SMILES string of the molecule is C#CS(=O)(=O)NCc1cnn(Cc2cc(C)c3c(NS(=O)(=O)c4ccccc4F)noc3c2)c1. The molecule has 0 unspecified atom stereocenters. The first-order valence-corrected chi connectivity index (χ1v) is 12.7. The summed E-state index contributed by atoms with van der Waals surface area (Å²) in [6.07, 6.45) is 8.09. The van der Waals surface area contributed by atoms with Gasteiger partial charge in [-0.25, -0.2) is 17.5 Å². The Balaban J connectivity index is 1.55. The average Bonchev–Trinajstić information content (AvgIpc) is 3.39. The summed E-state index contributed by atoms with van der Waals surface area (Å²) in [5, 5.41) is 10.1. The maximum absolute atomic E-state index is 14.0. The van der Waals surface area contributed by atoms with Crippen LogP contribution >= 0.6 is 0 Å². The molecule has 0 spiro atoms. The van der Waals surface area contributed by atoms with Gasteiger partial charge in [-0.3, -0.25) is 9.40 Å². The minimum Gasteiger partial charge on any atom is -0.354 e. The van der Waals surface area contributed by atoms with E-state index < -0.39 is 30.8 Å². The lowest BCUT2D eigenvalue weighted by Crippen LogP contribution is -2.20. The predicted molar refractivity (Wildman–Crippen MR) is 122 cm³/mol. The molecule has 10 nitrogen and oxygen atoms in total. The maximum Gasteiger partial charge on any atom is 0.280 e. The second kappa shape index (κ2) is 8.90. The van der Waals surface area contributed by atoms with E-state index in [0.29, 0.717) is 28.6 Å². The van der Waals surface area contributed by atoms with Gasteiger partial charge in [-0.1, -0.05) is 23.4 Å². The van der Waals surface area contributed by atoms with Crippen LogP contribution < -0.4 is 9.44 Å². The van der Waals surface area contributed by atoms with Gasteiger partial charge in [0.1, 0.15) is 10.7 Å². The fraction of sp³-hybridized carbons (Fsp3) is 0.143. The standard InChI is InChI=1S/C21H18FN5O5S2/c1-3-33(28,29)24-11-16-10-23-27(13-16)12-15-8-14(2)20-18(9-15)32-25-21(20)26-34(30,31)19-7-5-4-6-17(19)22/h1,4-10,13,24H,11-12H2,2H3,(H,25,26). The van der Waals surface area contributed by atoms with Crippen LogP contribution in [0.3, 0.4) is 0 Å². The average molecular weight is 504 g/mol. The molecule has 0 aliphatic carbocycles. The van der Waals surface area contributed by atoms with Gasteiger partial charge in [0.15, 0.2) is 11.4 Å². The summed E-state index contributed by atoms with van der Waals surface area (Å²) >= 11 is 0. The summed E-state index contributed by atoms with van der Waals surface area (Å²) in [4.78, 5) is -0.501. The van der Waals surface area contributed by atoms with E-state index in [1.165, 1.54) is 18.3 Å². The number of aryl methyl sites for hydroxylation is 1. The highest BCUT2D eigenvalue weighted by atomic mass is 32.2. The molecule has 2 heterocycles. The molecule has 0 atom stereocenters. The molecular formula is C21H18FN5O5S2. The zero-order valence-corrected chi connectivity index (χ0v) is 19.3. The lowest BCUT2D eigenvalue weighted by atomic mass is 10.1. The van der Waals surface area contributed by atoms with Crippen molar-refractivity contribution in [3.05, 3.63) is 71.3 Å². The Hall–Kier alpha value is -3.73.